The summed E-state index contributed by atoms with van der Waals surface area (Å²) in [6.07, 6.45) is 0. The highest BCUT2D eigenvalue weighted by Gasteiger charge is 2.49. The molecule has 17 heavy (non-hydrogen) atoms. The van der Waals surface area contributed by atoms with Crippen LogP contribution in [0.15, 0.2) is 30.3 Å². The lowest BCUT2D eigenvalue weighted by Gasteiger charge is -2.15. The molecular formula is C13H13NO3. The first-order valence-electron chi connectivity index (χ1n) is 5.76. The van der Waals surface area contributed by atoms with Crippen molar-refractivity contribution in [2.75, 3.05) is 13.1 Å². The Bertz CT molecular complexity index is 435. The highest BCUT2D eigenvalue weighted by atomic mass is 16.6. The number of hydrogen-bond acceptors (Lipinski definition) is 4. The minimum absolute atomic E-state index is 0.244. The molecular weight excluding hydrogens is 218 g/mol. The summed E-state index contributed by atoms with van der Waals surface area (Å²) in [6.45, 7) is 2.04. The number of cyclic esters (lactones) is 2. The van der Waals surface area contributed by atoms with Gasteiger partial charge in [-0.1, -0.05) is 30.3 Å². The minimum atomic E-state index is -0.351. The van der Waals surface area contributed by atoms with Crippen LogP contribution in [0.25, 0.3) is 0 Å². The highest BCUT2D eigenvalue weighted by Crippen LogP contribution is 2.32. The second-order valence-electron chi connectivity index (χ2n) is 4.63. The number of fused-ring (bicyclic) bond motifs is 1. The Hall–Kier alpha value is -1.68. The standard InChI is InChI=1S/C13H13NO3/c15-12-10-7-14(8-11(10)13(16)17-12)6-9-4-2-1-3-5-9/h1-5,10-11H,6-8H2/t10-,11+. The molecule has 0 aromatic heterocycles. The van der Waals surface area contributed by atoms with Gasteiger partial charge >= 0.3 is 11.9 Å². The average Bonchev–Trinajstić information content (AvgIpc) is 2.83. The van der Waals surface area contributed by atoms with E-state index in [1.807, 2.05) is 30.3 Å². The van der Waals surface area contributed by atoms with Crippen LogP contribution in [0.1, 0.15) is 5.56 Å². The van der Waals surface area contributed by atoms with E-state index in [1.165, 1.54) is 5.56 Å². The summed E-state index contributed by atoms with van der Waals surface area (Å²) < 4.78 is 4.62. The molecule has 1 aromatic carbocycles. The average molecular weight is 231 g/mol. The van der Waals surface area contributed by atoms with Crippen LogP contribution < -0.4 is 0 Å². The van der Waals surface area contributed by atoms with E-state index in [1.54, 1.807) is 0 Å². The monoisotopic (exact) mass is 231 g/mol. The fraction of sp³-hybridized carbons (Fsp3) is 0.385. The fourth-order valence-electron chi connectivity index (χ4n) is 2.58. The first-order valence-corrected chi connectivity index (χ1v) is 5.76. The summed E-state index contributed by atoms with van der Waals surface area (Å²) in [5.74, 6) is -1.19. The lowest BCUT2D eigenvalue weighted by atomic mass is 10.00. The van der Waals surface area contributed by atoms with E-state index in [-0.39, 0.29) is 23.8 Å². The summed E-state index contributed by atoms with van der Waals surface area (Å²) in [4.78, 5) is 24.9. The first-order chi connectivity index (χ1) is 8.24. The number of likely N-dealkylation sites (tertiary alicyclic amines) is 1. The van der Waals surface area contributed by atoms with Gasteiger partial charge < -0.3 is 4.74 Å². The maximum atomic E-state index is 11.4. The topological polar surface area (TPSA) is 46.6 Å². The number of esters is 2. The van der Waals surface area contributed by atoms with E-state index in [0.29, 0.717) is 13.1 Å². The Kier molecular flexibility index (Phi) is 2.44. The Morgan fingerprint density at radius 1 is 1.06 bits per heavy atom. The third-order valence-electron chi connectivity index (χ3n) is 3.45. The summed E-state index contributed by atoms with van der Waals surface area (Å²) >= 11 is 0. The molecule has 4 nitrogen and oxygen atoms in total. The van der Waals surface area contributed by atoms with Crippen LogP contribution in [0.4, 0.5) is 0 Å². The molecule has 1 aromatic rings. The SMILES string of the molecule is O=C1OC(=O)[C@@H]2CN(Cc3ccccc3)C[C@H]12. The number of carbonyl (C=O) groups excluding carboxylic acids is 2. The van der Waals surface area contributed by atoms with Crippen molar-refractivity contribution in [3.05, 3.63) is 35.9 Å². The zero-order valence-corrected chi connectivity index (χ0v) is 9.33. The summed E-state index contributed by atoms with van der Waals surface area (Å²) in [7, 11) is 0. The van der Waals surface area contributed by atoms with Gasteiger partial charge in [0.15, 0.2) is 0 Å². The second-order valence-corrected chi connectivity index (χ2v) is 4.63. The normalized spacial score (nSPS) is 28.2. The van der Waals surface area contributed by atoms with E-state index in [9.17, 15) is 9.59 Å². The Morgan fingerprint density at radius 2 is 1.65 bits per heavy atom. The van der Waals surface area contributed by atoms with Crippen molar-refractivity contribution in [3.8, 4) is 0 Å². The van der Waals surface area contributed by atoms with Gasteiger partial charge in [0.25, 0.3) is 0 Å². The summed E-state index contributed by atoms with van der Waals surface area (Å²) in [5.41, 5.74) is 1.20. The predicted octanol–water partition coefficient (Wildman–Crippen LogP) is 0.818. The molecule has 88 valence electrons. The molecule has 0 saturated carbocycles. The molecule has 0 spiro atoms. The molecule has 0 bridgehead atoms. The van der Waals surface area contributed by atoms with Crippen molar-refractivity contribution < 1.29 is 14.3 Å². The van der Waals surface area contributed by atoms with Crippen molar-refractivity contribution >= 4 is 11.9 Å². The van der Waals surface area contributed by atoms with Gasteiger partial charge in [-0.2, -0.15) is 0 Å². The van der Waals surface area contributed by atoms with Crippen LogP contribution in [0.2, 0.25) is 0 Å². The number of hydrogen-bond donors (Lipinski definition) is 0. The van der Waals surface area contributed by atoms with Crippen LogP contribution in [0.3, 0.4) is 0 Å². The van der Waals surface area contributed by atoms with Gasteiger partial charge in [0.1, 0.15) is 0 Å². The third kappa shape index (κ3) is 1.85. The molecule has 0 amide bonds. The maximum Gasteiger partial charge on any atom is 0.318 e. The van der Waals surface area contributed by atoms with Crippen LogP contribution in [0, 0.1) is 11.8 Å². The molecule has 2 saturated heterocycles. The summed E-state index contributed by atoms with van der Waals surface area (Å²) in [5, 5.41) is 0. The molecule has 2 fully saturated rings. The molecule has 3 rings (SSSR count). The third-order valence-corrected chi connectivity index (χ3v) is 3.45. The van der Waals surface area contributed by atoms with Crippen LogP contribution >= 0.6 is 0 Å². The number of benzene rings is 1. The van der Waals surface area contributed by atoms with Gasteiger partial charge in [-0.15, -0.1) is 0 Å². The van der Waals surface area contributed by atoms with E-state index < -0.39 is 0 Å². The van der Waals surface area contributed by atoms with Crippen molar-refractivity contribution in [1.82, 2.24) is 4.90 Å². The molecule has 4 heteroatoms. The van der Waals surface area contributed by atoms with E-state index in [0.717, 1.165) is 6.54 Å². The molecule has 0 radical (unpaired) electrons. The molecule has 2 heterocycles. The molecule has 0 N–H and O–H groups in total. The minimum Gasteiger partial charge on any atom is -0.393 e. The smallest absolute Gasteiger partial charge is 0.318 e. The van der Waals surface area contributed by atoms with E-state index in [4.69, 9.17) is 0 Å². The van der Waals surface area contributed by atoms with Crippen LogP contribution in [0.5, 0.6) is 0 Å². The lowest BCUT2D eigenvalue weighted by Crippen LogP contribution is -2.24. The quantitative estimate of drug-likeness (QED) is 0.558. The second kappa shape index (κ2) is 3.96. The molecule has 0 aliphatic carbocycles. The molecule has 0 unspecified atom stereocenters. The number of nitrogens with zero attached hydrogens (tertiary/aromatic N) is 1. The van der Waals surface area contributed by atoms with Crippen molar-refractivity contribution in [2.24, 2.45) is 11.8 Å². The number of rotatable bonds is 2. The van der Waals surface area contributed by atoms with Gasteiger partial charge in [-0.05, 0) is 5.56 Å². The van der Waals surface area contributed by atoms with E-state index in [2.05, 4.69) is 9.64 Å². The maximum absolute atomic E-state index is 11.4. The Balaban J connectivity index is 1.69. The van der Waals surface area contributed by atoms with E-state index >= 15 is 0 Å². The van der Waals surface area contributed by atoms with Crippen LogP contribution in [-0.4, -0.2) is 29.9 Å². The Labute approximate surface area is 99.2 Å². The lowest BCUT2D eigenvalue weighted by molar-refractivity contribution is -0.154. The first kappa shape index (κ1) is 10.5. The Morgan fingerprint density at radius 3 is 2.24 bits per heavy atom. The van der Waals surface area contributed by atoms with Gasteiger partial charge in [0.05, 0.1) is 11.8 Å². The zero-order valence-electron chi connectivity index (χ0n) is 9.33. The molecule has 2 aliphatic heterocycles. The zero-order chi connectivity index (χ0) is 11.8. The summed E-state index contributed by atoms with van der Waals surface area (Å²) in [6, 6.07) is 10.1. The van der Waals surface area contributed by atoms with Crippen molar-refractivity contribution in [3.63, 3.8) is 0 Å². The van der Waals surface area contributed by atoms with Gasteiger partial charge in [-0.25, -0.2) is 0 Å². The number of carbonyl (C=O) groups is 2. The van der Waals surface area contributed by atoms with Crippen LogP contribution in [-0.2, 0) is 20.9 Å². The fourth-order valence-corrected chi connectivity index (χ4v) is 2.58. The van der Waals surface area contributed by atoms with Gasteiger partial charge in [-0.3, -0.25) is 14.5 Å². The molecule has 2 aliphatic rings. The number of ether oxygens (including phenoxy) is 1. The predicted molar refractivity (Wildman–Crippen MR) is 59.8 cm³/mol. The molecule has 2 atom stereocenters. The van der Waals surface area contributed by atoms with Crippen molar-refractivity contribution in [1.29, 1.82) is 0 Å². The highest BCUT2D eigenvalue weighted by molar-refractivity contribution is 5.97. The van der Waals surface area contributed by atoms with Crippen molar-refractivity contribution in [2.45, 2.75) is 6.54 Å². The van der Waals surface area contributed by atoms with Gasteiger partial charge in [0, 0.05) is 19.6 Å². The van der Waals surface area contributed by atoms with Gasteiger partial charge in [0.2, 0.25) is 0 Å². The largest absolute Gasteiger partial charge is 0.393 e.